The number of anilines is 2. The minimum Gasteiger partial charge on any atom is -0.478 e. The fraction of sp³-hybridized carbons (Fsp3) is 0.400. The molecule has 0 amide bonds. The van der Waals surface area contributed by atoms with Gasteiger partial charge in [-0.1, -0.05) is 12.1 Å². The van der Waals surface area contributed by atoms with Crippen LogP contribution >= 0.6 is 0 Å². The number of aromatic carboxylic acids is 1. The van der Waals surface area contributed by atoms with Gasteiger partial charge in [0, 0.05) is 20.0 Å². The summed E-state index contributed by atoms with van der Waals surface area (Å²) in [6.45, 7) is 1.51. The zero-order valence-electron chi connectivity index (χ0n) is 17.8. The Balaban J connectivity index is 2.44. The van der Waals surface area contributed by atoms with Gasteiger partial charge in [-0.15, -0.1) is 0 Å². The number of carbonyl (C=O) groups is 1. The van der Waals surface area contributed by atoms with Crippen LogP contribution in [0.1, 0.15) is 45.8 Å². The summed E-state index contributed by atoms with van der Waals surface area (Å²) in [6.07, 6.45) is -4.52. The topological polar surface area (TPSA) is 151 Å². The van der Waals surface area contributed by atoms with Gasteiger partial charge < -0.3 is 21.6 Å². The Morgan fingerprint density at radius 3 is 2.47 bits per heavy atom. The normalized spacial score (nSPS) is 13.1. The van der Waals surface area contributed by atoms with E-state index in [2.05, 4.69) is 15.1 Å². The molecule has 0 radical (unpaired) electrons. The summed E-state index contributed by atoms with van der Waals surface area (Å²) in [6, 6.07) is 4.04. The maximum absolute atomic E-state index is 13.9. The highest BCUT2D eigenvalue weighted by molar-refractivity contribution is 5.96. The number of aromatic amines is 1. The molecule has 0 fully saturated rings. The van der Waals surface area contributed by atoms with Crippen LogP contribution in [0, 0.1) is 6.92 Å². The van der Waals surface area contributed by atoms with E-state index in [0.29, 0.717) is 5.56 Å². The number of benzene rings is 1. The van der Waals surface area contributed by atoms with E-state index >= 15 is 0 Å². The number of H-pyrrole nitrogens is 1. The molecule has 0 aliphatic heterocycles. The lowest BCUT2D eigenvalue weighted by Crippen LogP contribution is -2.32. The van der Waals surface area contributed by atoms with Crippen molar-refractivity contribution >= 4 is 23.4 Å². The molecular formula is C20H25F3N6O3. The molecule has 0 bridgehead atoms. The van der Waals surface area contributed by atoms with Gasteiger partial charge in [0.1, 0.15) is 11.5 Å². The Labute approximate surface area is 181 Å². The molecule has 0 spiro atoms. The third-order valence-corrected chi connectivity index (χ3v) is 4.80. The maximum Gasteiger partial charge on any atom is 0.431 e. The summed E-state index contributed by atoms with van der Waals surface area (Å²) >= 11 is 0. The SMILES string of the molecule is Cc1cc(C(CCCc2c(N)nc(N)[nH]c2=O)C(=NN(C)C)C(F)(F)F)ccc1C(=O)O. The molecule has 9 nitrogen and oxygen atoms in total. The van der Waals surface area contributed by atoms with Crippen molar-refractivity contribution in [3.63, 3.8) is 0 Å². The van der Waals surface area contributed by atoms with E-state index in [1.807, 2.05) is 0 Å². The number of alkyl halides is 3. The lowest BCUT2D eigenvalue weighted by Gasteiger charge is -2.24. The van der Waals surface area contributed by atoms with Crippen LogP contribution in [0.5, 0.6) is 0 Å². The predicted octanol–water partition coefficient (Wildman–Crippen LogP) is 2.53. The molecule has 1 unspecified atom stereocenters. The van der Waals surface area contributed by atoms with Crippen LogP contribution in [0.25, 0.3) is 0 Å². The molecule has 1 aromatic heterocycles. The van der Waals surface area contributed by atoms with Crippen molar-refractivity contribution in [1.82, 2.24) is 15.0 Å². The van der Waals surface area contributed by atoms with Gasteiger partial charge in [0.05, 0.1) is 11.1 Å². The fourth-order valence-corrected chi connectivity index (χ4v) is 3.40. The molecule has 32 heavy (non-hydrogen) atoms. The van der Waals surface area contributed by atoms with Crippen LogP contribution in [0.15, 0.2) is 28.1 Å². The second kappa shape index (κ2) is 9.71. The molecule has 1 atom stereocenters. The monoisotopic (exact) mass is 454 g/mol. The predicted molar refractivity (Wildman–Crippen MR) is 115 cm³/mol. The number of nitrogen functional groups attached to an aromatic ring is 2. The van der Waals surface area contributed by atoms with Crippen LogP contribution in [0.4, 0.5) is 24.9 Å². The largest absolute Gasteiger partial charge is 0.478 e. The number of carboxylic acids is 1. The van der Waals surface area contributed by atoms with E-state index < -0.39 is 29.3 Å². The summed E-state index contributed by atoms with van der Waals surface area (Å²) in [5.41, 5.74) is 10.3. The number of hydrogen-bond donors (Lipinski definition) is 4. The molecule has 0 aliphatic rings. The molecule has 2 rings (SSSR count). The minimum atomic E-state index is -4.73. The van der Waals surface area contributed by atoms with Crippen molar-refractivity contribution in [2.75, 3.05) is 25.6 Å². The highest BCUT2D eigenvalue weighted by Crippen LogP contribution is 2.34. The van der Waals surface area contributed by atoms with Crippen LogP contribution in [0.2, 0.25) is 0 Å². The molecular weight excluding hydrogens is 429 g/mol. The van der Waals surface area contributed by atoms with E-state index in [0.717, 1.165) is 5.01 Å². The summed E-state index contributed by atoms with van der Waals surface area (Å²) in [5, 5.41) is 14.0. The van der Waals surface area contributed by atoms with E-state index in [-0.39, 0.29) is 47.7 Å². The van der Waals surface area contributed by atoms with E-state index in [4.69, 9.17) is 11.5 Å². The number of rotatable bonds is 8. The molecule has 2 aromatic rings. The molecule has 0 aliphatic carbocycles. The quantitative estimate of drug-likeness (QED) is 0.353. The number of aromatic nitrogens is 2. The van der Waals surface area contributed by atoms with Crippen molar-refractivity contribution in [1.29, 1.82) is 0 Å². The van der Waals surface area contributed by atoms with Gasteiger partial charge in [-0.25, -0.2) is 4.79 Å². The Hall–Kier alpha value is -3.57. The lowest BCUT2D eigenvalue weighted by atomic mass is 9.86. The highest BCUT2D eigenvalue weighted by atomic mass is 19.4. The van der Waals surface area contributed by atoms with Gasteiger partial charge in [-0.2, -0.15) is 23.3 Å². The van der Waals surface area contributed by atoms with E-state index in [1.54, 1.807) is 0 Å². The zero-order valence-corrected chi connectivity index (χ0v) is 17.8. The Bertz CT molecular complexity index is 1080. The number of aryl methyl sites for hydroxylation is 1. The van der Waals surface area contributed by atoms with Crippen molar-refractivity contribution < 1.29 is 23.1 Å². The number of nitrogens with zero attached hydrogens (tertiary/aromatic N) is 3. The smallest absolute Gasteiger partial charge is 0.431 e. The number of nitrogens with one attached hydrogen (secondary N) is 1. The van der Waals surface area contributed by atoms with E-state index in [9.17, 15) is 27.9 Å². The van der Waals surface area contributed by atoms with Gasteiger partial charge in [-0.3, -0.25) is 9.78 Å². The van der Waals surface area contributed by atoms with Crippen LogP contribution in [0.3, 0.4) is 0 Å². The van der Waals surface area contributed by atoms with Crippen LogP contribution in [-0.4, -0.2) is 52.0 Å². The second-order valence-corrected chi connectivity index (χ2v) is 7.47. The molecule has 12 heteroatoms. The first kappa shape index (κ1) is 24.7. The third kappa shape index (κ3) is 5.99. The number of halogens is 3. The van der Waals surface area contributed by atoms with Crippen molar-refractivity contribution in [3.8, 4) is 0 Å². The third-order valence-electron chi connectivity index (χ3n) is 4.80. The molecule has 174 valence electrons. The Kier molecular flexibility index (Phi) is 7.49. The first-order valence-corrected chi connectivity index (χ1v) is 9.62. The number of hydrazone groups is 1. The summed E-state index contributed by atoms with van der Waals surface area (Å²) in [4.78, 5) is 29.4. The Morgan fingerprint density at radius 2 is 1.97 bits per heavy atom. The molecule has 0 saturated carbocycles. The lowest BCUT2D eigenvalue weighted by molar-refractivity contribution is -0.0628. The van der Waals surface area contributed by atoms with Gasteiger partial charge >= 0.3 is 12.1 Å². The molecule has 1 aromatic carbocycles. The van der Waals surface area contributed by atoms with Gasteiger partial charge in [0.2, 0.25) is 5.95 Å². The standard InChI is InChI=1S/C20H25F3N6O3/c1-10-9-11(7-8-12(10)18(31)32)13(15(20(21,22)23)28-29(2)3)5-4-6-14-16(24)26-19(25)27-17(14)30/h7-9,13H,4-6H2,1-3H3,(H,31,32)(H5,24,25,26,27,30). The van der Waals surface area contributed by atoms with Crippen LogP contribution in [-0.2, 0) is 6.42 Å². The zero-order chi connectivity index (χ0) is 24.2. The first-order valence-electron chi connectivity index (χ1n) is 9.62. The molecule has 6 N–H and O–H groups in total. The van der Waals surface area contributed by atoms with Gasteiger partial charge in [0.15, 0.2) is 0 Å². The van der Waals surface area contributed by atoms with Crippen molar-refractivity contribution in [2.24, 2.45) is 5.10 Å². The second-order valence-electron chi connectivity index (χ2n) is 7.47. The number of hydrogen-bond acceptors (Lipinski definition) is 7. The van der Waals surface area contributed by atoms with Crippen molar-refractivity contribution in [3.05, 3.63) is 50.8 Å². The first-order chi connectivity index (χ1) is 14.8. The van der Waals surface area contributed by atoms with Crippen molar-refractivity contribution in [2.45, 2.75) is 38.3 Å². The van der Waals surface area contributed by atoms with Gasteiger partial charge in [-0.05, 0) is 43.4 Å². The molecule has 1 heterocycles. The fourth-order valence-electron chi connectivity index (χ4n) is 3.40. The number of nitrogens with two attached hydrogens (primary N) is 2. The minimum absolute atomic E-state index is 0.00198. The highest BCUT2D eigenvalue weighted by Gasteiger charge is 2.42. The number of carboxylic acid groups (broad SMARTS) is 1. The maximum atomic E-state index is 13.9. The Morgan fingerprint density at radius 1 is 1.31 bits per heavy atom. The van der Waals surface area contributed by atoms with E-state index in [1.165, 1.54) is 39.2 Å². The summed E-state index contributed by atoms with van der Waals surface area (Å²) in [5.74, 6) is -2.60. The summed E-state index contributed by atoms with van der Waals surface area (Å²) in [7, 11) is 2.75. The van der Waals surface area contributed by atoms with Crippen LogP contribution < -0.4 is 17.0 Å². The summed E-state index contributed by atoms with van der Waals surface area (Å²) < 4.78 is 41.7. The van der Waals surface area contributed by atoms with Gasteiger partial charge in [0.25, 0.3) is 5.56 Å². The average Bonchev–Trinajstić information content (AvgIpc) is 2.64. The average molecular weight is 454 g/mol. The molecule has 0 saturated heterocycles.